The maximum Gasteiger partial charge on any atom is 0.333 e. The normalized spacial score (nSPS) is 25.3. The highest BCUT2D eigenvalue weighted by Crippen LogP contribution is 2.39. The molecule has 0 radical (unpaired) electrons. The van der Waals surface area contributed by atoms with Gasteiger partial charge in [-0.25, -0.2) is 14.4 Å². The molecule has 0 unspecified atom stereocenters. The summed E-state index contributed by atoms with van der Waals surface area (Å²) < 4.78 is 49.0. The second-order valence-electron chi connectivity index (χ2n) is 8.50. The number of rotatable bonds is 6. The van der Waals surface area contributed by atoms with Crippen LogP contribution in [0, 0.1) is 11.7 Å². The fourth-order valence-electron chi connectivity index (χ4n) is 5.04. The van der Waals surface area contributed by atoms with Crippen LogP contribution in [0.5, 0.6) is 0 Å². The molecule has 1 aromatic carbocycles. The molecule has 0 aliphatic heterocycles. The van der Waals surface area contributed by atoms with Gasteiger partial charge in [0.05, 0.1) is 17.5 Å². The number of aliphatic hydroxyl groups excluding tert-OH is 1. The molecule has 1 saturated carbocycles. The van der Waals surface area contributed by atoms with Crippen molar-refractivity contribution in [2.45, 2.75) is 43.9 Å². The molecule has 2 aromatic heterocycles. The maximum absolute atomic E-state index is 14.1. The Morgan fingerprint density at radius 3 is 2.88 bits per heavy atom. The van der Waals surface area contributed by atoms with Crippen LogP contribution in [0.3, 0.4) is 0 Å². The number of aliphatic hydroxyl groups is 1. The third-order valence-electron chi connectivity index (χ3n) is 6.59. The summed E-state index contributed by atoms with van der Waals surface area (Å²) in [5.74, 6) is 0.173. The Balaban J connectivity index is 1.37. The van der Waals surface area contributed by atoms with E-state index < -0.39 is 16.4 Å². The molecule has 1 fully saturated rings. The third-order valence-corrected chi connectivity index (χ3v) is 7.12. The third kappa shape index (κ3) is 3.96. The molecule has 4 N–H and O–H groups in total. The van der Waals surface area contributed by atoms with Crippen molar-refractivity contribution in [2.75, 3.05) is 11.9 Å². The number of hydrogen-bond acceptors (Lipinski definition) is 6. The van der Waals surface area contributed by atoms with Crippen LogP contribution in [-0.4, -0.2) is 45.3 Å². The Morgan fingerprint density at radius 2 is 2.06 bits per heavy atom. The Kier molecular flexibility index (Phi) is 5.36. The van der Waals surface area contributed by atoms with Crippen LogP contribution < -0.4 is 10.0 Å². The molecule has 11 heteroatoms. The van der Waals surface area contributed by atoms with Crippen LogP contribution in [0.25, 0.3) is 11.0 Å². The van der Waals surface area contributed by atoms with E-state index in [4.69, 9.17) is 4.55 Å². The van der Waals surface area contributed by atoms with Gasteiger partial charge in [-0.2, -0.15) is 13.1 Å². The summed E-state index contributed by atoms with van der Waals surface area (Å²) in [6.07, 6.45) is 5.11. The molecule has 0 amide bonds. The monoisotopic (exact) mass is 461 g/mol. The van der Waals surface area contributed by atoms with E-state index in [1.54, 1.807) is 6.07 Å². The molecular formula is C21H24FN5O4S. The minimum absolute atomic E-state index is 0.0326. The van der Waals surface area contributed by atoms with Crippen molar-refractivity contribution in [2.24, 2.45) is 5.92 Å². The predicted octanol–water partition coefficient (Wildman–Crippen LogP) is 2.37. The number of nitrogens with one attached hydrogen (secondary N) is 2. The number of aromatic nitrogens is 3. The van der Waals surface area contributed by atoms with Crippen LogP contribution in [0.1, 0.15) is 42.5 Å². The van der Waals surface area contributed by atoms with Crippen molar-refractivity contribution in [1.82, 2.24) is 19.3 Å². The van der Waals surface area contributed by atoms with Gasteiger partial charge < -0.3 is 15.0 Å². The summed E-state index contributed by atoms with van der Waals surface area (Å²) in [5.41, 5.74) is 2.40. The Morgan fingerprint density at radius 1 is 1.22 bits per heavy atom. The van der Waals surface area contributed by atoms with E-state index in [9.17, 15) is 17.9 Å². The smallest absolute Gasteiger partial charge is 0.333 e. The molecule has 4 atom stereocenters. The van der Waals surface area contributed by atoms with Gasteiger partial charge >= 0.3 is 10.3 Å². The SMILES string of the molecule is O=S(=O)(O)NC[C@@H]1C[C@@H](n2ccc3c(N[C@H]4CCc5c(F)cccc54)ncnc32)C[C@@H]1O. The van der Waals surface area contributed by atoms with Gasteiger partial charge in [-0.3, -0.25) is 4.55 Å². The lowest BCUT2D eigenvalue weighted by molar-refractivity contribution is 0.133. The van der Waals surface area contributed by atoms with Gasteiger partial charge in [-0.1, -0.05) is 12.1 Å². The first-order chi connectivity index (χ1) is 15.3. The molecule has 3 aromatic rings. The van der Waals surface area contributed by atoms with Crippen molar-refractivity contribution >= 4 is 27.2 Å². The molecule has 2 heterocycles. The summed E-state index contributed by atoms with van der Waals surface area (Å²) in [4.78, 5) is 8.84. The molecule has 0 bridgehead atoms. The van der Waals surface area contributed by atoms with Gasteiger partial charge in [0.15, 0.2) is 0 Å². The summed E-state index contributed by atoms with van der Waals surface area (Å²) >= 11 is 0. The molecule has 2 aliphatic carbocycles. The van der Waals surface area contributed by atoms with Gasteiger partial charge in [-0.05, 0) is 48.9 Å². The molecule has 5 rings (SSSR count). The van der Waals surface area contributed by atoms with Gasteiger partial charge in [0.2, 0.25) is 0 Å². The van der Waals surface area contributed by atoms with Gasteiger partial charge in [0.25, 0.3) is 0 Å². The Labute approximate surface area is 184 Å². The zero-order valence-electron chi connectivity index (χ0n) is 17.1. The molecular weight excluding hydrogens is 437 g/mol. The van der Waals surface area contributed by atoms with Crippen molar-refractivity contribution in [3.8, 4) is 0 Å². The van der Waals surface area contributed by atoms with Gasteiger partial charge in [-0.15, -0.1) is 0 Å². The standard InChI is InChI=1S/C21H24FN5O4S/c22-17-3-1-2-15-14(17)4-5-18(15)26-20-16-6-7-27(21(16)24-11-23-20)13-8-12(19(28)9-13)10-25-32(29,30)31/h1-3,6-7,11-13,18-19,25,28H,4-5,8-10H2,(H,23,24,26)(H,29,30,31)/t12-,13+,18-,19-/m0/s1. The molecule has 0 spiro atoms. The van der Waals surface area contributed by atoms with Crippen LogP contribution in [0.4, 0.5) is 10.2 Å². The van der Waals surface area contributed by atoms with Gasteiger partial charge in [0, 0.05) is 24.7 Å². The van der Waals surface area contributed by atoms with Crippen molar-refractivity contribution < 1.29 is 22.5 Å². The van der Waals surface area contributed by atoms with Crippen LogP contribution >= 0.6 is 0 Å². The lowest BCUT2D eigenvalue weighted by Crippen LogP contribution is -2.31. The number of benzene rings is 1. The first-order valence-corrected chi connectivity index (χ1v) is 12.0. The average molecular weight is 462 g/mol. The number of anilines is 1. The second kappa shape index (κ2) is 8.07. The lowest BCUT2D eigenvalue weighted by atomic mass is 10.1. The second-order valence-corrected chi connectivity index (χ2v) is 9.74. The number of hydrogen-bond donors (Lipinski definition) is 4. The van der Waals surface area contributed by atoms with E-state index in [0.717, 1.165) is 22.9 Å². The maximum atomic E-state index is 14.1. The summed E-state index contributed by atoms with van der Waals surface area (Å²) in [7, 11) is -4.30. The largest absolute Gasteiger partial charge is 0.393 e. The molecule has 0 saturated heterocycles. The zero-order valence-corrected chi connectivity index (χ0v) is 18.0. The lowest BCUT2D eigenvalue weighted by Gasteiger charge is -2.17. The van der Waals surface area contributed by atoms with E-state index in [1.165, 1.54) is 12.4 Å². The number of halogens is 1. The quantitative estimate of drug-likeness (QED) is 0.415. The van der Waals surface area contributed by atoms with E-state index >= 15 is 0 Å². The minimum Gasteiger partial charge on any atom is -0.393 e. The Hall–Kier alpha value is -2.60. The Bertz CT molecular complexity index is 1260. The summed E-state index contributed by atoms with van der Waals surface area (Å²) in [6, 6.07) is 6.95. The molecule has 9 nitrogen and oxygen atoms in total. The van der Waals surface area contributed by atoms with E-state index in [-0.39, 0.29) is 30.4 Å². The van der Waals surface area contributed by atoms with E-state index in [0.29, 0.717) is 30.7 Å². The topological polar surface area (TPSA) is 129 Å². The molecule has 170 valence electrons. The number of fused-ring (bicyclic) bond motifs is 2. The van der Waals surface area contributed by atoms with Gasteiger partial charge in [0.1, 0.15) is 23.6 Å². The average Bonchev–Trinajstić information content (AvgIpc) is 3.44. The molecule has 32 heavy (non-hydrogen) atoms. The van der Waals surface area contributed by atoms with Crippen molar-refractivity contribution in [3.05, 3.63) is 53.7 Å². The predicted molar refractivity (Wildman–Crippen MR) is 116 cm³/mol. The van der Waals surface area contributed by atoms with E-state index in [2.05, 4.69) is 20.0 Å². The summed E-state index contributed by atoms with van der Waals surface area (Å²) in [6.45, 7) is -0.0326. The highest BCUT2D eigenvalue weighted by molar-refractivity contribution is 7.83. The fourth-order valence-corrected chi connectivity index (χ4v) is 5.46. The summed E-state index contributed by atoms with van der Waals surface area (Å²) in [5, 5.41) is 14.6. The first-order valence-electron chi connectivity index (χ1n) is 10.6. The molecule has 2 aliphatic rings. The first kappa shape index (κ1) is 21.3. The van der Waals surface area contributed by atoms with Crippen LogP contribution in [-0.2, 0) is 16.7 Å². The van der Waals surface area contributed by atoms with Crippen LogP contribution in [0.15, 0.2) is 36.8 Å². The minimum atomic E-state index is -4.30. The highest BCUT2D eigenvalue weighted by atomic mass is 32.2. The highest BCUT2D eigenvalue weighted by Gasteiger charge is 2.35. The number of nitrogens with zero attached hydrogens (tertiary/aromatic N) is 3. The van der Waals surface area contributed by atoms with Crippen molar-refractivity contribution in [1.29, 1.82) is 0 Å². The van der Waals surface area contributed by atoms with Crippen LogP contribution in [0.2, 0.25) is 0 Å². The van der Waals surface area contributed by atoms with Crippen molar-refractivity contribution in [3.63, 3.8) is 0 Å². The fraction of sp³-hybridized carbons (Fsp3) is 0.429. The zero-order chi connectivity index (χ0) is 22.5. The van der Waals surface area contributed by atoms with E-state index in [1.807, 2.05) is 22.9 Å².